The summed E-state index contributed by atoms with van der Waals surface area (Å²) in [6.45, 7) is 3.33. The van der Waals surface area contributed by atoms with Crippen LogP contribution < -0.4 is 14.5 Å². The molecule has 156 valence electrons. The second kappa shape index (κ2) is 8.57. The van der Waals surface area contributed by atoms with Crippen molar-refractivity contribution in [1.29, 1.82) is 0 Å². The lowest BCUT2D eigenvalue weighted by Gasteiger charge is -2.36. The van der Waals surface area contributed by atoms with Crippen LogP contribution in [-0.2, 0) is 9.84 Å². The van der Waals surface area contributed by atoms with Gasteiger partial charge in [-0.2, -0.15) is 0 Å². The molecule has 0 unspecified atom stereocenters. The van der Waals surface area contributed by atoms with Crippen molar-refractivity contribution in [3.8, 4) is 5.75 Å². The number of hydrogen-bond donors (Lipinski definition) is 0. The highest BCUT2D eigenvalue weighted by Crippen LogP contribution is 2.28. The average Bonchev–Trinajstić information content (AvgIpc) is 2.80. The predicted molar refractivity (Wildman–Crippen MR) is 114 cm³/mol. The minimum absolute atomic E-state index is 0.114. The maximum atomic E-state index is 12.8. The molecule has 1 aliphatic carbocycles. The fourth-order valence-electron chi connectivity index (χ4n) is 4.18. The highest BCUT2D eigenvalue weighted by Gasteiger charge is 2.30. The Kier molecular flexibility index (Phi) is 5.89. The van der Waals surface area contributed by atoms with Crippen molar-refractivity contribution in [3.05, 3.63) is 36.4 Å². The van der Waals surface area contributed by atoms with Crippen LogP contribution in [0, 0.1) is 0 Å². The quantitative estimate of drug-likeness (QED) is 0.742. The summed E-state index contributed by atoms with van der Waals surface area (Å²) in [4.78, 5) is 4.47. The van der Waals surface area contributed by atoms with Crippen molar-refractivity contribution < 1.29 is 13.2 Å². The Morgan fingerprint density at radius 1 is 0.931 bits per heavy atom. The van der Waals surface area contributed by atoms with E-state index in [-0.39, 0.29) is 10.3 Å². The molecule has 2 heterocycles. The molecule has 1 aliphatic heterocycles. The van der Waals surface area contributed by atoms with E-state index >= 15 is 0 Å². The summed E-state index contributed by atoms with van der Waals surface area (Å²) in [7, 11) is -1.70. The maximum absolute atomic E-state index is 12.8. The molecule has 1 aromatic heterocycles. The van der Waals surface area contributed by atoms with E-state index in [1.54, 1.807) is 19.2 Å². The molecule has 1 saturated carbocycles. The van der Waals surface area contributed by atoms with Gasteiger partial charge in [0, 0.05) is 37.9 Å². The summed E-state index contributed by atoms with van der Waals surface area (Å²) in [5.74, 6) is 1.59. The molecule has 7 nitrogen and oxygen atoms in total. The first-order valence-corrected chi connectivity index (χ1v) is 11.8. The van der Waals surface area contributed by atoms with Crippen molar-refractivity contribution >= 4 is 21.3 Å². The lowest BCUT2D eigenvalue weighted by molar-refractivity contribution is 0.414. The Balaban J connectivity index is 1.40. The van der Waals surface area contributed by atoms with Crippen LogP contribution in [0.5, 0.6) is 5.75 Å². The van der Waals surface area contributed by atoms with Crippen LogP contribution in [0.3, 0.4) is 0 Å². The summed E-state index contributed by atoms with van der Waals surface area (Å²) >= 11 is 0. The van der Waals surface area contributed by atoms with Crippen LogP contribution in [0.15, 0.2) is 41.4 Å². The molecule has 0 amide bonds. The Morgan fingerprint density at radius 3 is 2.31 bits per heavy atom. The normalized spacial score (nSPS) is 18.7. The Labute approximate surface area is 172 Å². The number of methoxy groups -OCH3 is 1. The molecule has 8 heteroatoms. The van der Waals surface area contributed by atoms with Gasteiger partial charge in [0.25, 0.3) is 0 Å². The highest BCUT2D eigenvalue weighted by molar-refractivity contribution is 7.92. The van der Waals surface area contributed by atoms with Gasteiger partial charge in [0.05, 0.1) is 12.4 Å². The second-order valence-corrected chi connectivity index (χ2v) is 9.89. The lowest BCUT2D eigenvalue weighted by Crippen LogP contribution is -2.46. The molecular formula is C21H28N4O3S. The lowest BCUT2D eigenvalue weighted by atomic mass is 10.0. The first-order valence-electron chi connectivity index (χ1n) is 10.3. The van der Waals surface area contributed by atoms with Gasteiger partial charge in [-0.25, -0.2) is 8.42 Å². The van der Waals surface area contributed by atoms with Crippen molar-refractivity contribution in [3.63, 3.8) is 0 Å². The van der Waals surface area contributed by atoms with Crippen LogP contribution in [0.1, 0.15) is 32.1 Å². The molecule has 2 aromatic rings. The Bertz CT molecular complexity index is 919. The third kappa shape index (κ3) is 4.32. The van der Waals surface area contributed by atoms with E-state index < -0.39 is 9.84 Å². The molecule has 0 bridgehead atoms. The zero-order valence-corrected chi connectivity index (χ0v) is 17.6. The SMILES string of the molecule is COc1cccc(N2CCN(c3ccc(S(=O)(=O)C4CCCCC4)nn3)CC2)c1. The second-order valence-electron chi connectivity index (χ2n) is 7.71. The summed E-state index contributed by atoms with van der Waals surface area (Å²) in [6, 6.07) is 11.5. The number of aromatic nitrogens is 2. The van der Waals surface area contributed by atoms with Crippen LogP contribution in [0.4, 0.5) is 11.5 Å². The van der Waals surface area contributed by atoms with Crippen molar-refractivity contribution in [2.45, 2.75) is 42.4 Å². The molecule has 0 spiro atoms. The van der Waals surface area contributed by atoms with Crippen LogP contribution in [-0.4, -0.2) is 57.2 Å². The molecule has 4 rings (SSSR count). The minimum atomic E-state index is -3.37. The topological polar surface area (TPSA) is 75.6 Å². The van der Waals surface area contributed by atoms with E-state index in [0.717, 1.165) is 75.5 Å². The zero-order chi connectivity index (χ0) is 20.3. The Morgan fingerprint density at radius 2 is 1.66 bits per heavy atom. The van der Waals surface area contributed by atoms with Crippen LogP contribution in [0.2, 0.25) is 0 Å². The zero-order valence-electron chi connectivity index (χ0n) is 16.8. The molecule has 2 aliphatic rings. The van der Waals surface area contributed by atoms with Gasteiger partial charge >= 0.3 is 0 Å². The van der Waals surface area contributed by atoms with Gasteiger partial charge in [-0.05, 0) is 37.1 Å². The number of sulfone groups is 1. The van der Waals surface area contributed by atoms with E-state index in [4.69, 9.17) is 4.74 Å². The van der Waals surface area contributed by atoms with E-state index in [2.05, 4.69) is 26.1 Å². The fourth-order valence-corrected chi connectivity index (χ4v) is 5.89. The van der Waals surface area contributed by atoms with Crippen LogP contribution in [0.25, 0.3) is 0 Å². The molecule has 0 atom stereocenters. The van der Waals surface area contributed by atoms with Gasteiger partial charge < -0.3 is 14.5 Å². The van der Waals surface area contributed by atoms with Crippen molar-refractivity contribution in [2.75, 3.05) is 43.1 Å². The van der Waals surface area contributed by atoms with Crippen molar-refractivity contribution in [1.82, 2.24) is 10.2 Å². The van der Waals surface area contributed by atoms with E-state index in [1.165, 1.54) is 0 Å². The maximum Gasteiger partial charge on any atom is 0.200 e. The van der Waals surface area contributed by atoms with Gasteiger partial charge in [-0.3, -0.25) is 0 Å². The minimum Gasteiger partial charge on any atom is -0.497 e. The third-order valence-corrected chi connectivity index (χ3v) is 8.08. The largest absolute Gasteiger partial charge is 0.497 e. The van der Waals surface area contributed by atoms with E-state index in [9.17, 15) is 8.42 Å². The number of hydrogen-bond acceptors (Lipinski definition) is 7. The molecule has 0 N–H and O–H groups in total. The predicted octanol–water partition coefficient (Wildman–Crippen LogP) is 2.92. The summed E-state index contributed by atoms with van der Waals surface area (Å²) < 4.78 is 30.9. The van der Waals surface area contributed by atoms with E-state index in [0.29, 0.717) is 0 Å². The number of anilines is 2. The molecule has 29 heavy (non-hydrogen) atoms. The Hall–Kier alpha value is -2.35. The van der Waals surface area contributed by atoms with Gasteiger partial charge in [0.15, 0.2) is 20.7 Å². The number of piperazine rings is 1. The molecular weight excluding hydrogens is 388 g/mol. The monoisotopic (exact) mass is 416 g/mol. The highest BCUT2D eigenvalue weighted by atomic mass is 32.2. The fraction of sp³-hybridized carbons (Fsp3) is 0.524. The van der Waals surface area contributed by atoms with Gasteiger partial charge in [-0.1, -0.05) is 25.3 Å². The first kappa shape index (κ1) is 19.9. The number of rotatable bonds is 5. The smallest absolute Gasteiger partial charge is 0.200 e. The van der Waals surface area contributed by atoms with Crippen molar-refractivity contribution in [2.24, 2.45) is 0 Å². The third-order valence-electron chi connectivity index (χ3n) is 5.93. The summed E-state index contributed by atoms with van der Waals surface area (Å²) in [5.41, 5.74) is 1.14. The number of nitrogens with zero attached hydrogens (tertiary/aromatic N) is 4. The first-order chi connectivity index (χ1) is 14.1. The number of benzene rings is 1. The molecule has 1 saturated heterocycles. The standard InChI is InChI=1S/C21H28N4O3S/c1-28-18-7-5-6-17(16-18)24-12-14-25(15-13-24)20-10-11-21(23-22-20)29(26,27)19-8-3-2-4-9-19/h5-7,10-11,16,19H,2-4,8-9,12-15H2,1H3. The molecule has 2 fully saturated rings. The molecule has 1 aromatic carbocycles. The van der Waals surface area contributed by atoms with Crippen LogP contribution >= 0.6 is 0 Å². The van der Waals surface area contributed by atoms with Gasteiger partial charge in [-0.15, -0.1) is 10.2 Å². The summed E-state index contributed by atoms with van der Waals surface area (Å²) in [6.07, 6.45) is 4.55. The average molecular weight is 417 g/mol. The summed E-state index contributed by atoms with van der Waals surface area (Å²) in [5, 5.41) is 8.15. The van der Waals surface area contributed by atoms with Gasteiger partial charge in [0.2, 0.25) is 0 Å². The van der Waals surface area contributed by atoms with Gasteiger partial charge in [0.1, 0.15) is 5.75 Å². The number of ether oxygens (including phenoxy) is 1. The molecule has 0 radical (unpaired) electrons. The van der Waals surface area contributed by atoms with E-state index in [1.807, 2.05) is 18.2 Å².